The topological polar surface area (TPSA) is 21.3 Å². The van der Waals surface area contributed by atoms with Crippen LogP contribution in [-0.4, -0.2) is 19.8 Å². The van der Waals surface area contributed by atoms with Gasteiger partial charge in [0.15, 0.2) is 0 Å². The smallest absolute Gasteiger partial charge is 0.394 e. The maximum atomic E-state index is 12.5. The van der Waals surface area contributed by atoms with Crippen molar-refractivity contribution >= 4 is 0 Å². The lowest BCUT2D eigenvalue weighted by Gasteiger charge is -2.20. The van der Waals surface area contributed by atoms with Gasteiger partial charge in [0.2, 0.25) is 0 Å². The summed E-state index contributed by atoms with van der Waals surface area (Å²) in [5.41, 5.74) is 0.969. The van der Waals surface area contributed by atoms with Crippen molar-refractivity contribution in [2.24, 2.45) is 5.92 Å². The minimum absolute atomic E-state index is 0.223. The van der Waals surface area contributed by atoms with Gasteiger partial charge in [-0.3, -0.25) is 0 Å². The lowest BCUT2D eigenvalue weighted by Crippen LogP contribution is -2.17. The van der Waals surface area contributed by atoms with E-state index in [1.807, 2.05) is 37.4 Å². The maximum Gasteiger partial charge on any atom is 0.394 e. The highest BCUT2D eigenvalue weighted by atomic mass is 19.4. The van der Waals surface area contributed by atoms with Gasteiger partial charge in [0, 0.05) is 6.42 Å². The summed E-state index contributed by atoms with van der Waals surface area (Å²) in [6, 6.07) is 9.55. The van der Waals surface area contributed by atoms with Crippen molar-refractivity contribution in [1.82, 2.24) is 5.32 Å². The second kappa shape index (κ2) is 8.63. The second-order valence-electron chi connectivity index (χ2n) is 5.07. The molecule has 0 aromatic heterocycles. The van der Waals surface area contributed by atoms with Gasteiger partial charge in [-0.15, -0.1) is 0 Å². The van der Waals surface area contributed by atoms with Crippen LogP contribution < -0.4 is 5.32 Å². The van der Waals surface area contributed by atoms with Crippen LogP contribution in [0.15, 0.2) is 54.8 Å². The standard InChI is InChI=1S/C17H22F3NO/c1-13(17(18,19)20)9-10-14(2)22-16(11-12-21-3)15-7-5-4-6-8-15/h4-10,13,16,21H,2,11-12H2,1,3H3/b10-9-. The fraction of sp³-hybridized carbons (Fsp3) is 0.412. The summed E-state index contributed by atoms with van der Waals surface area (Å²) in [6.45, 7) is 5.51. The van der Waals surface area contributed by atoms with Crippen LogP contribution in [0.2, 0.25) is 0 Å². The summed E-state index contributed by atoms with van der Waals surface area (Å²) < 4.78 is 43.1. The van der Waals surface area contributed by atoms with E-state index in [1.54, 1.807) is 0 Å². The molecule has 0 heterocycles. The average Bonchev–Trinajstić information content (AvgIpc) is 2.48. The largest absolute Gasteiger partial charge is 0.486 e. The number of halogens is 3. The maximum absolute atomic E-state index is 12.5. The summed E-state index contributed by atoms with van der Waals surface area (Å²) in [5, 5.41) is 3.03. The third-order valence-electron chi connectivity index (χ3n) is 3.21. The van der Waals surface area contributed by atoms with Crippen LogP contribution in [0.25, 0.3) is 0 Å². The Morgan fingerprint density at radius 2 is 1.95 bits per heavy atom. The lowest BCUT2D eigenvalue weighted by molar-refractivity contribution is -0.156. The Labute approximate surface area is 129 Å². The van der Waals surface area contributed by atoms with Crippen LogP contribution >= 0.6 is 0 Å². The number of benzene rings is 1. The van der Waals surface area contributed by atoms with E-state index in [-0.39, 0.29) is 11.9 Å². The minimum Gasteiger partial charge on any atom is -0.486 e. The molecule has 0 aliphatic carbocycles. The first-order valence-corrected chi connectivity index (χ1v) is 7.14. The third-order valence-corrected chi connectivity index (χ3v) is 3.21. The Balaban J connectivity index is 2.69. The van der Waals surface area contributed by atoms with E-state index in [0.29, 0.717) is 6.42 Å². The van der Waals surface area contributed by atoms with Crippen LogP contribution in [0.1, 0.15) is 25.0 Å². The van der Waals surface area contributed by atoms with Gasteiger partial charge < -0.3 is 10.1 Å². The summed E-state index contributed by atoms with van der Waals surface area (Å²) in [4.78, 5) is 0. The molecule has 0 bridgehead atoms. The summed E-state index contributed by atoms with van der Waals surface area (Å²) >= 11 is 0. The third kappa shape index (κ3) is 6.35. The zero-order valence-corrected chi connectivity index (χ0v) is 12.9. The molecule has 1 rings (SSSR count). The van der Waals surface area contributed by atoms with Crippen molar-refractivity contribution in [3.05, 3.63) is 60.4 Å². The van der Waals surface area contributed by atoms with Crippen LogP contribution in [0.4, 0.5) is 13.2 Å². The van der Waals surface area contributed by atoms with Crippen LogP contribution in [0.3, 0.4) is 0 Å². The molecule has 0 aliphatic heterocycles. The first-order valence-electron chi connectivity index (χ1n) is 7.14. The molecule has 1 N–H and O–H groups in total. The average molecular weight is 313 g/mol. The van der Waals surface area contributed by atoms with Crippen molar-refractivity contribution in [1.29, 1.82) is 0 Å². The van der Waals surface area contributed by atoms with Crippen LogP contribution in [-0.2, 0) is 4.74 Å². The summed E-state index contributed by atoms with van der Waals surface area (Å²) in [6.07, 6.45) is -1.45. The zero-order chi connectivity index (χ0) is 16.6. The SMILES string of the molecule is C=C(/C=C\C(C)C(F)(F)F)OC(CCNC)c1ccccc1. The van der Waals surface area contributed by atoms with Crippen molar-refractivity contribution in [3.8, 4) is 0 Å². The number of alkyl halides is 3. The Hall–Kier alpha value is -1.75. The molecule has 0 spiro atoms. The van der Waals surface area contributed by atoms with E-state index < -0.39 is 12.1 Å². The van der Waals surface area contributed by atoms with Gasteiger partial charge in [-0.25, -0.2) is 0 Å². The Morgan fingerprint density at radius 3 is 2.50 bits per heavy atom. The quantitative estimate of drug-likeness (QED) is 0.558. The Bertz CT molecular complexity index is 482. The predicted molar refractivity (Wildman–Crippen MR) is 82.3 cm³/mol. The van der Waals surface area contributed by atoms with E-state index in [0.717, 1.165) is 25.1 Å². The molecule has 0 aliphatic rings. The molecule has 122 valence electrons. The summed E-state index contributed by atoms with van der Waals surface area (Å²) in [7, 11) is 1.84. The highest BCUT2D eigenvalue weighted by Crippen LogP contribution is 2.28. The van der Waals surface area contributed by atoms with Gasteiger partial charge in [0.05, 0.1) is 5.92 Å². The minimum atomic E-state index is -4.25. The highest BCUT2D eigenvalue weighted by molar-refractivity contribution is 5.19. The number of hydrogen-bond donors (Lipinski definition) is 1. The van der Waals surface area contributed by atoms with Crippen molar-refractivity contribution in [2.45, 2.75) is 25.6 Å². The Kier molecular flexibility index (Phi) is 7.18. The van der Waals surface area contributed by atoms with Crippen molar-refractivity contribution in [3.63, 3.8) is 0 Å². The first kappa shape index (κ1) is 18.3. The van der Waals surface area contributed by atoms with E-state index in [1.165, 1.54) is 6.08 Å². The van der Waals surface area contributed by atoms with E-state index >= 15 is 0 Å². The normalized spacial score (nSPS) is 14.8. The fourth-order valence-electron chi connectivity index (χ4n) is 1.82. The molecule has 1 aromatic carbocycles. The number of nitrogens with one attached hydrogen (secondary N) is 1. The molecule has 2 unspecified atom stereocenters. The van der Waals surface area contributed by atoms with Gasteiger partial charge in [-0.1, -0.05) is 49.9 Å². The number of hydrogen-bond acceptors (Lipinski definition) is 2. The monoisotopic (exact) mass is 313 g/mol. The molecular formula is C17H22F3NO. The van der Waals surface area contributed by atoms with E-state index in [2.05, 4.69) is 11.9 Å². The first-order chi connectivity index (χ1) is 10.3. The van der Waals surface area contributed by atoms with Crippen LogP contribution in [0.5, 0.6) is 0 Å². The molecule has 2 atom stereocenters. The lowest BCUT2D eigenvalue weighted by atomic mass is 10.1. The fourth-order valence-corrected chi connectivity index (χ4v) is 1.82. The Morgan fingerprint density at radius 1 is 1.32 bits per heavy atom. The van der Waals surface area contributed by atoms with Gasteiger partial charge in [0.1, 0.15) is 11.9 Å². The van der Waals surface area contributed by atoms with Gasteiger partial charge in [0.25, 0.3) is 0 Å². The molecular weight excluding hydrogens is 291 g/mol. The molecule has 0 amide bonds. The van der Waals surface area contributed by atoms with Crippen molar-refractivity contribution in [2.75, 3.05) is 13.6 Å². The van der Waals surface area contributed by atoms with Crippen molar-refractivity contribution < 1.29 is 17.9 Å². The molecule has 0 saturated heterocycles. The number of allylic oxidation sites excluding steroid dienone is 2. The number of rotatable bonds is 8. The zero-order valence-electron chi connectivity index (χ0n) is 12.9. The molecule has 0 fully saturated rings. The highest BCUT2D eigenvalue weighted by Gasteiger charge is 2.33. The van der Waals surface area contributed by atoms with Crippen LogP contribution in [0, 0.1) is 5.92 Å². The molecule has 0 radical (unpaired) electrons. The molecule has 1 aromatic rings. The van der Waals surface area contributed by atoms with Gasteiger partial charge >= 0.3 is 6.18 Å². The molecule has 0 saturated carbocycles. The van der Waals surface area contributed by atoms with Gasteiger partial charge in [-0.2, -0.15) is 13.2 Å². The number of ether oxygens (including phenoxy) is 1. The second-order valence-corrected chi connectivity index (χ2v) is 5.07. The van der Waals surface area contributed by atoms with E-state index in [4.69, 9.17) is 4.74 Å². The summed E-state index contributed by atoms with van der Waals surface area (Å²) in [5.74, 6) is -1.30. The molecule has 2 nitrogen and oxygen atoms in total. The predicted octanol–water partition coefficient (Wildman–Crippen LogP) is 4.62. The van der Waals surface area contributed by atoms with E-state index in [9.17, 15) is 13.2 Å². The van der Waals surface area contributed by atoms with Gasteiger partial charge in [-0.05, 0) is 25.2 Å². The molecule has 5 heteroatoms. The molecule has 22 heavy (non-hydrogen) atoms.